The van der Waals surface area contributed by atoms with E-state index in [0.29, 0.717) is 54.9 Å². The summed E-state index contributed by atoms with van der Waals surface area (Å²) in [6.45, 7) is 5.79. The molecule has 0 aliphatic carbocycles. The molecule has 0 radical (unpaired) electrons. The molecule has 2 aromatic heterocycles. The molecule has 1 saturated heterocycles. The topological polar surface area (TPSA) is 133 Å². The van der Waals surface area contributed by atoms with Gasteiger partial charge in [-0.3, -0.25) is 14.5 Å². The normalized spacial score (nSPS) is 16.8. The van der Waals surface area contributed by atoms with Crippen molar-refractivity contribution >= 4 is 11.9 Å². The number of carbonyl (C=O) groups excluding carboxylic acids is 2. The van der Waals surface area contributed by atoms with Crippen LogP contribution < -0.4 is 16.4 Å². The minimum absolute atomic E-state index is 0.0414. The number of halogens is 3. The van der Waals surface area contributed by atoms with Gasteiger partial charge in [0.2, 0.25) is 0 Å². The summed E-state index contributed by atoms with van der Waals surface area (Å²) < 4.78 is 55.9. The van der Waals surface area contributed by atoms with Crippen LogP contribution in [-0.2, 0) is 33.7 Å². The first-order chi connectivity index (χ1) is 23.6. The van der Waals surface area contributed by atoms with Crippen molar-refractivity contribution in [3.05, 3.63) is 118 Å². The van der Waals surface area contributed by atoms with Crippen LogP contribution in [0, 0.1) is 31.3 Å². The summed E-state index contributed by atoms with van der Waals surface area (Å²) >= 11 is 0. The molecule has 4 aromatic rings. The third kappa shape index (κ3) is 9.74. The third-order valence-electron chi connectivity index (χ3n) is 8.59. The molecule has 5 rings (SSSR count). The molecule has 260 valence electrons. The van der Waals surface area contributed by atoms with Crippen LogP contribution in [0.15, 0.2) is 67.0 Å². The molecule has 0 bridgehead atoms. The molecule has 1 fully saturated rings. The SMILES string of the molecule is Cc1cc(C)n(CCNC(=O)OC[C@@H]2CNC[C@@H](CCc3c(F)cncc3CC(=O)C(N)C(c3ccc(F)cc3)c3ccc(F)cc3)O2)n1. The number of Topliss-reactive ketones (excluding diaryl/α,β-unsaturated/α-hetero) is 1. The fourth-order valence-electron chi connectivity index (χ4n) is 6.11. The van der Waals surface area contributed by atoms with Crippen LogP contribution in [0.1, 0.15) is 46.0 Å². The lowest BCUT2D eigenvalue weighted by Crippen LogP contribution is -2.47. The molecule has 13 heteroatoms. The highest BCUT2D eigenvalue weighted by Gasteiger charge is 2.29. The van der Waals surface area contributed by atoms with Crippen molar-refractivity contribution in [2.24, 2.45) is 5.73 Å². The number of hydrogen-bond acceptors (Lipinski definition) is 8. The van der Waals surface area contributed by atoms with E-state index < -0.39 is 41.6 Å². The Morgan fingerprint density at radius 2 is 1.67 bits per heavy atom. The summed E-state index contributed by atoms with van der Waals surface area (Å²) in [7, 11) is 0. The zero-order valence-corrected chi connectivity index (χ0v) is 27.5. The number of rotatable bonds is 14. The molecule has 10 nitrogen and oxygen atoms in total. The van der Waals surface area contributed by atoms with Gasteiger partial charge in [0.25, 0.3) is 0 Å². The summed E-state index contributed by atoms with van der Waals surface area (Å²) in [6.07, 6.45) is 1.83. The van der Waals surface area contributed by atoms with E-state index in [9.17, 15) is 18.4 Å². The maximum Gasteiger partial charge on any atom is 0.407 e. The smallest absolute Gasteiger partial charge is 0.407 e. The van der Waals surface area contributed by atoms with Gasteiger partial charge < -0.3 is 25.8 Å². The Morgan fingerprint density at radius 1 is 1.02 bits per heavy atom. The van der Waals surface area contributed by atoms with E-state index in [4.69, 9.17) is 15.2 Å². The predicted octanol–water partition coefficient (Wildman–Crippen LogP) is 4.30. The zero-order valence-electron chi connectivity index (χ0n) is 27.5. The van der Waals surface area contributed by atoms with E-state index in [0.717, 1.165) is 17.6 Å². The van der Waals surface area contributed by atoms with Crippen molar-refractivity contribution in [1.82, 2.24) is 25.4 Å². The molecule has 49 heavy (non-hydrogen) atoms. The van der Waals surface area contributed by atoms with Gasteiger partial charge in [-0.2, -0.15) is 5.10 Å². The lowest BCUT2D eigenvalue weighted by atomic mass is 9.82. The number of ketones is 1. The third-order valence-corrected chi connectivity index (χ3v) is 8.59. The zero-order chi connectivity index (χ0) is 34.9. The van der Waals surface area contributed by atoms with Gasteiger partial charge in [0.05, 0.1) is 30.6 Å². The van der Waals surface area contributed by atoms with Gasteiger partial charge in [-0.15, -0.1) is 0 Å². The van der Waals surface area contributed by atoms with Gasteiger partial charge in [-0.1, -0.05) is 24.3 Å². The number of hydrogen-bond donors (Lipinski definition) is 3. The lowest BCUT2D eigenvalue weighted by molar-refractivity contribution is -0.119. The van der Waals surface area contributed by atoms with Gasteiger partial charge in [0.1, 0.15) is 30.2 Å². The highest BCUT2D eigenvalue weighted by atomic mass is 19.1. The summed E-state index contributed by atoms with van der Waals surface area (Å²) in [5.41, 5.74) is 10.4. The number of amides is 1. The van der Waals surface area contributed by atoms with Crippen LogP contribution in [0.3, 0.4) is 0 Å². The quantitative estimate of drug-likeness (QED) is 0.180. The molecule has 1 aliphatic heterocycles. The molecule has 3 atom stereocenters. The molecule has 1 aliphatic rings. The maximum atomic E-state index is 15.1. The maximum absolute atomic E-state index is 15.1. The first kappa shape index (κ1) is 35.7. The Bertz CT molecular complexity index is 1670. The van der Waals surface area contributed by atoms with E-state index in [1.54, 1.807) is 24.3 Å². The monoisotopic (exact) mass is 678 g/mol. The van der Waals surface area contributed by atoms with E-state index in [2.05, 4.69) is 20.7 Å². The number of nitrogens with one attached hydrogen (secondary N) is 2. The first-order valence-electron chi connectivity index (χ1n) is 16.3. The van der Waals surface area contributed by atoms with Crippen molar-refractivity contribution in [3.8, 4) is 0 Å². The van der Waals surface area contributed by atoms with Crippen LogP contribution in [-0.4, -0.2) is 71.1 Å². The number of benzene rings is 2. The van der Waals surface area contributed by atoms with Crippen molar-refractivity contribution in [3.63, 3.8) is 0 Å². The number of aromatic nitrogens is 3. The number of alkyl carbamates (subject to hydrolysis) is 1. The Hall–Kier alpha value is -4.59. The molecule has 0 spiro atoms. The van der Waals surface area contributed by atoms with Gasteiger partial charge in [0.15, 0.2) is 5.78 Å². The number of carbonyl (C=O) groups is 2. The number of nitrogens with zero attached hydrogens (tertiary/aromatic N) is 3. The molecule has 0 saturated carbocycles. The van der Waals surface area contributed by atoms with Crippen LogP contribution in [0.2, 0.25) is 0 Å². The van der Waals surface area contributed by atoms with E-state index in [1.807, 2.05) is 24.6 Å². The van der Waals surface area contributed by atoms with E-state index in [1.165, 1.54) is 30.5 Å². The highest BCUT2D eigenvalue weighted by Crippen LogP contribution is 2.29. The van der Waals surface area contributed by atoms with Gasteiger partial charge in [-0.25, -0.2) is 18.0 Å². The first-order valence-corrected chi connectivity index (χ1v) is 16.3. The Labute approximate surface area is 283 Å². The van der Waals surface area contributed by atoms with Gasteiger partial charge >= 0.3 is 6.09 Å². The summed E-state index contributed by atoms with van der Waals surface area (Å²) in [4.78, 5) is 29.8. The summed E-state index contributed by atoms with van der Waals surface area (Å²) in [5, 5.41) is 10.4. The number of ether oxygens (including phenoxy) is 2. The number of aryl methyl sites for hydroxylation is 2. The molecule has 4 N–H and O–H groups in total. The second kappa shape index (κ2) is 16.7. The van der Waals surface area contributed by atoms with Crippen molar-refractivity contribution in [2.75, 3.05) is 26.2 Å². The van der Waals surface area contributed by atoms with Crippen LogP contribution in [0.25, 0.3) is 0 Å². The van der Waals surface area contributed by atoms with Crippen molar-refractivity contribution in [2.45, 2.75) is 63.8 Å². The molecular formula is C36H41F3N6O4. The minimum atomic E-state index is -1.09. The standard InChI is InChI=1S/C36H41F3N6O4/c1-22-15-23(2)45(44-22)14-13-43-36(47)48-21-30-19-42-18-29(49-30)11-12-31-26(17-41-20-32(31)39)16-33(46)35(40)34(24-3-7-27(37)8-4-24)25-5-9-28(38)10-6-25/h3-10,15,17,20,29-30,34-35,42H,11-14,16,18-19,21,40H2,1-2H3,(H,43,47)/t29-,30+,35?/m1/s1. The van der Waals surface area contributed by atoms with Crippen molar-refractivity contribution < 1.29 is 32.2 Å². The Kier molecular flexibility index (Phi) is 12.2. The highest BCUT2D eigenvalue weighted by molar-refractivity contribution is 5.87. The van der Waals surface area contributed by atoms with Crippen LogP contribution in [0.4, 0.5) is 18.0 Å². The molecular weight excluding hydrogens is 637 g/mol. The number of nitrogens with two attached hydrogens (primary N) is 1. The average molecular weight is 679 g/mol. The van der Waals surface area contributed by atoms with E-state index >= 15 is 4.39 Å². The number of pyridine rings is 1. The number of morpholine rings is 1. The van der Waals surface area contributed by atoms with Crippen LogP contribution in [0.5, 0.6) is 0 Å². The minimum Gasteiger partial charge on any atom is -0.447 e. The molecule has 3 heterocycles. The second-order valence-corrected chi connectivity index (χ2v) is 12.3. The molecule has 1 amide bonds. The van der Waals surface area contributed by atoms with Gasteiger partial charge in [0, 0.05) is 43.9 Å². The summed E-state index contributed by atoms with van der Waals surface area (Å²) in [5.74, 6) is -2.50. The summed E-state index contributed by atoms with van der Waals surface area (Å²) in [6, 6.07) is 12.1. The molecule has 2 aromatic carbocycles. The second-order valence-electron chi connectivity index (χ2n) is 12.3. The fraction of sp³-hybridized carbons (Fsp3) is 0.389. The largest absolute Gasteiger partial charge is 0.447 e. The van der Waals surface area contributed by atoms with Crippen LogP contribution >= 0.6 is 0 Å². The predicted molar refractivity (Wildman–Crippen MR) is 176 cm³/mol. The van der Waals surface area contributed by atoms with Crippen molar-refractivity contribution in [1.29, 1.82) is 0 Å². The van der Waals surface area contributed by atoms with E-state index in [-0.39, 0.29) is 31.3 Å². The molecule has 1 unspecified atom stereocenters. The Morgan fingerprint density at radius 3 is 2.31 bits per heavy atom. The fourth-order valence-corrected chi connectivity index (χ4v) is 6.11. The van der Waals surface area contributed by atoms with Gasteiger partial charge in [-0.05, 0) is 79.3 Å². The lowest BCUT2D eigenvalue weighted by Gasteiger charge is -2.31. The average Bonchev–Trinajstić information content (AvgIpc) is 3.41. The Balaban J connectivity index is 1.16.